The fourth-order valence-corrected chi connectivity index (χ4v) is 2.39. The summed E-state index contributed by atoms with van der Waals surface area (Å²) >= 11 is 3.91. The second-order valence-corrected chi connectivity index (χ2v) is 5.61. The first-order chi connectivity index (χ1) is 9.52. The summed E-state index contributed by atoms with van der Waals surface area (Å²) in [7, 11) is 2.13. The molecule has 7 heteroatoms. The number of hydrogen-bond acceptors (Lipinski definition) is 5. The minimum absolute atomic E-state index is 0.113. The maximum atomic E-state index is 11.6. The predicted octanol–water partition coefficient (Wildman–Crippen LogP) is -0.0967. The van der Waals surface area contributed by atoms with Crippen molar-refractivity contribution in [1.29, 1.82) is 0 Å². The number of likely N-dealkylation sites (N-methyl/N-ethyl adjacent to an activating group) is 1. The molecule has 0 saturated carbocycles. The number of hydrogen-bond donors (Lipinski definition) is 3. The van der Waals surface area contributed by atoms with Crippen molar-refractivity contribution in [2.24, 2.45) is 0 Å². The van der Waals surface area contributed by atoms with Gasteiger partial charge in [0, 0.05) is 38.4 Å². The molecule has 1 amide bonds. The zero-order chi connectivity index (χ0) is 15.0. The molecule has 1 fully saturated rings. The zero-order valence-corrected chi connectivity index (χ0v) is 12.9. The number of piperazine rings is 1. The summed E-state index contributed by atoms with van der Waals surface area (Å²) in [4.78, 5) is 27.1. The van der Waals surface area contributed by atoms with Crippen molar-refractivity contribution in [2.45, 2.75) is 25.3 Å². The van der Waals surface area contributed by atoms with Gasteiger partial charge >= 0.3 is 5.97 Å². The third-order valence-electron chi connectivity index (χ3n) is 3.54. The predicted molar refractivity (Wildman–Crippen MR) is 81.2 cm³/mol. The maximum absolute atomic E-state index is 11.6. The number of nitrogens with zero attached hydrogens (tertiary/aromatic N) is 2. The molecule has 0 aliphatic carbocycles. The third-order valence-corrected chi connectivity index (χ3v) is 3.91. The van der Waals surface area contributed by atoms with Crippen LogP contribution in [0, 0.1) is 0 Å². The van der Waals surface area contributed by atoms with E-state index >= 15 is 0 Å². The summed E-state index contributed by atoms with van der Waals surface area (Å²) in [6.07, 6.45) is 2.14. The highest BCUT2D eigenvalue weighted by Gasteiger charge is 2.18. The van der Waals surface area contributed by atoms with E-state index in [1.165, 1.54) is 0 Å². The first kappa shape index (κ1) is 17.3. The number of aliphatic carboxylic acids is 1. The third kappa shape index (κ3) is 6.58. The highest BCUT2D eigenvalue weighted by molar-refractivity contribution is 7.80. The van der Waals surface area contributed by atoms with E-state index in [9.17, 15) is 9.59 Å². The molecule has 1 rings (SSSR count). The Morgan fingerprint density at radius 1 is 1.25 bits per heavy atom. The molecule has 0 radical (unpaired) electrons. The second kappa shape index (κ2) is 9.20. The number of carbonyl (C=O) groups is 2. The number of carboxylic acids is 1. The van der Waals surface area contributed by atoms with Gasteiger partial charge in [-0.05, 0) is 26.4 Å². The van der Waals surface area contributed by atoms with Crippen LogP contribution in [0.3, 0.4) is 0 Å². The van der Waals surface area contributed by atoms with Gasteiger partial charge in [-0.3, -0.25) is 4.79 Å². The molecule has 2 N–H and O–H groups in total. The van der Waals surface area contributed by atoms with E-state index in [0.717, 1.165) is 45.6 Å². The van der Waals surface area contributed by atoms with Crippen molar-refractivity contribution in [3.63, 3.8) is 0 Å². The molecular weight excluding hydrogens is 278 g/mol. The van der Waals surface area contributed by atoms with E-state index < -0.39 is 12.0 Å². The summed E-state index contributed by atoms with van der Waals surface area (Å²) in [6, 6.07) is -0.886. The Balaban J connectivity index is 2.08. The standard InChI is InChI=1S/C13H25N3O3S/c1-15-6-8-16(9-7-15)5-3-2-4-12(17)14-11(10-20)13(18)19/h11,20H,2-10H2,1H3,(H,14,17)(H,18,19)/t11-/m0/s1. The Labute approximate surface area is 125 Å². The van der Waals surface area contributed by atoms with Crippen LogP contribution in [-0.4, -0.2) is 78.3 Å². The Hall–Kier alpha value is -0.790. The number of rotatable bonds is 8. The molecule has 0 aromatic carbocycles. The molecular formula is C13H25N3O3S. The Morgan fingerprint density at radius 3 is 2.45 bits per heavy atom. The lowest BCUT2D eigenvalue weighted by Crippen LogP contribution is -2.44. The van der Waals surface area contributed by atoms with Crippen molar-refractivity contribution in [3.05, 3.63) is 0 Å². The molecule has 1 atom stereocenters. The minimum Gasteiger partial charge on any atom is -0.480 e. The monoisotopic (exact) mass is 303 g/mol. The second-order valence-electron chi connectivity index (χ2n) is 5.24. The summed E-state index contributed by atoms with van der Waals surface area (Å²) in [5.74, 6) is -1.13. The Bertz CT molecular complexity index is 320. The van der Waals surface area contributed by atoms with Gasteiger partial charge < -0.3 is 20.2 Å². The molecule has 0 aromatic rings. The van der Waals surface area contributed by atoms with Gasteiger partial charge in [-0.25, -0.2) is 4.79 Å². The van der Waals surface area contributed by atoms with Crippen molar-refractivity contribution in [2.75, 3.05) is 45.5 Å². The van der Waals surface area contributed by atoms with Gasteiger partial charge in [0.1, 0.15) is 6.04 Å². The van der Waals surface area contributed by atoms with Crippen LogP contribution in [0.2, 0.25) is 0 Å². The molecule has 1 saturated heterocycles. The number of carbonyl (C=O) groups excluding carboxylic acids is 1. The normalized spacial score (nSPS) is 18.7. The lowest BCUT2D eigenvalue weighted by Gasteiger charge is -2.32. The van der Waals surface area contributed by atoms with Gasteiger partial charge in [0.2, 0.25) is 5.91 Å². The van der Waals surface area contributed by atoms with E-state index in [4.69, 9.17) is 5.11 Å². The van der Waals surface area contributed by atoms with Crippen LogP contribution < -0.4 is 5.32 Å². The van der Waals surface area contributed by atoms with Crippen LogP contribution in [0.1, 0.15) is 19.3 Å². The summed E-state index contributed by atoms with van der Waals surface area (Å²) < 4.78 is 0. The SMILES string of the molecule is CN1CCN(CCCCC(=O)N[C@@H](CS)C(=O)O)CC1. The van der Waals surface area contributed by atoms with Gasteiger partial charge in [0.25, 0.3) is 0 Å². The first-order valence-corrected chi connectivity index (χ1v) is 7.70. The summed E-state index contributed by atoms with van der Waals surface area (Å²) in [5, 5.41) is 11.3. The number of unbranched alkanes of at least 4 members (excludes halogenated alkanes) is 1. The van der Waals surface area contributed by atoms with Crippen molar-refractivity contribution in [3.8, 4) is 0 Å². The fraction of sp³-hybridized carbons (Fsp3) is 0.846. The van der Waals surface area contributed by atoms with Gasteiger partial charge in [-0.1, -0.05) is 0 Å². The zero-order valence-electron chi connectivity index (χ0n) is 12.0. The Morgan fingerprint density at radius 2 is 1.90 bits per heavy atom. The highest BCUT2D eigenvalue weighted by Crippen LogP contribution is 2.03. The number of amides is 1. The van der Waals surface area contributed by atoms with E-state index in [2.05, 4.69) is 34.8 Å². The minimum atomic E-state index is -1.04. The molecule has 0 aromatic heterocycles. The van der Waals surface area contributed by atoms with Crippen LogP contribution in [0.15, 0.2) is 0 Å². The smallest absolute Gasteiger partial charge is 0.327 e. The molecule has 20 heavy (non-hydrogen) atoms. The van der Waals surface area contributed by atoms with Gasteiger partial charge in [0.05, 0.1) is 0 Å². The molecule has 116 valence electrons. The molecule has 0 unspecified atom stereocenters. The molecule has 1 heterocycles. The number of carboxylic acid groups (broad SMARTS) is 1. The van der Waals surface area contributed by atoms with E-state index in [0.29, 0.717) is 6.42 Å². The van der Waals surface area contributed by atoms with Crippen molar-refractivity contribution >= 4 is 24.5 Å². The summed E-state index contributed by atoms with van der Waals surface area (Å²) in [6.45, 7) is 5.38. The lowest BCUT2D eigenvalue weighted by atomic mass is 10.2. The quantitative estimate of drug-likeness (QED) is 0.431. The van der Waals surface area contributed by atoms with Gasteiger partial charge in [-0.2, -0.15) is 12.6 Å². The van der Waals surface area contributed by atoms with Crippen molar-refractivity contribution < 1.29 is 14.7 Å². The molecule has 6 nitrogen and oxygen atoms in total. The van der Waals surface area contributed by atoms with Crippen LogP contribution in [0.4, 0.5) is 0 Å². The maximum Gasteiger partial charge on any atom is 0.327 e. The lowest BCUT2D eigenvalue weighted by molar-refractivity contribution is -0.141. The van der Waals surface area contributed by atoms with E-state index in [-0.39, 0.29) is 11.7 Å². The topological polar surface area (TPSA) is 72.9 Å². The van der Waals surface area contributed by atoms with Crippen LogP contribution in [0.5, 0.6) is 0 Å². The first-order valence-electron chi connectivity index (χ1n) is 7.07. The van der Waals surface area contributed by atoms with Crippen LogP contribution in [0.25, 0.3) is 0 Å². The average Bonchev–Trinajstić information content (AvgIpc) is 2.42. The molecule has 0 spiro atoms. The average molecular weight is 303 g/mol. The number of nitrogens with one attached hydrogen (secondary N) is 1. The van der Waals surface area contributed by atoms with Gasteiger partial charge in [0.15, 0.2) is 0 Å². The molecule has 1 aliphatic heterocycles. The Kier molecular flexibility index (Phi) is 7.94. The fourth-order valence-electron chi connectivity index (χ4n) is 2.14. The van der Waals surface area contributed by atoms with Gasteiger partial charge in [-0.15, -0.1) is 0 Å². The van der Waals surface area contributed by atoms with E-state index in [1.807, 2.05) is 0 Å². The largest absolute Gasteiger partial charge is 0.480 e. The highest BCUT2D eigenvalue weighted by atomic mass is 32.1. The van der Waals surface area contributed by atoms with Crippen LogP contribution in [-0.2, 0) is 9.59 Å². The van der Waals surface area contributed by atoms with Crippen LogP contribution >= 0.6 is 12.6 Å². The number of thiol groups is 1. The summed E-state index contributed by atoms with van der Waals surface area (Å²) in [5.41, 5.74) is 0. The van der Waals surface area contributed by atoms with Crippen molar-refractivity contribution in [1.82, 2.24) is 15.1 Å². The molecule has 0 bridgehead atoms. The molecule has 1 aliphatic rings. The van der Waals surface area contributed by atoms with E-state index in [1.54, 1.807) is 0 Å².